The summed E-state index contributed by atoms with van der Waals surface area (Å²) in [7, 11) is 0. The quantitative estimate of drug-likeness (QED) is 0.300. The van der Waals surface area contributed by atoms with Gasteiger partial charge in [0.15, 0.2) is 5.82 Å². The average Bonchev–Trinajstić information content (AvgIpc) is 3.57. The molecule has 0 bridgehead atoms. The van der Waals surface area contributed by atoms with E-state index in [0.29, 0.717) is 60.9 Å². The van der Waals surface area contributed by atoms with Crippen molar-refractivity contribution in [3.63, 3.8) is 0 Å². The van der Waals surface area contributed by atoms with Gasteiger partial charge in [-0.1, -0.05) is 43.3 Å². The van der Waals surface area contributed by atoms with Crippen LogP contribution in [0.2, 0.25) is 0 Å². The minimum absolute atomic E-state index is 0.121. The number of hydrogen-bond acceptors (Lipinski definition) is 9. The van der Waals surface area contributed by atoms with Gasteiger partial charge in [-0.05, 0) is 18.4 Å². The van der Waals surface area contributed by atoms with E-state index in [1.165, 1.54) is 11.3 Å². The number of nitrogens with zero attached hydrogens (tertiary/aromatic N) is 4. The lowest BCUT2D eigenvalue weighted by atomic mass is 9.93. The molecule has 2 aromatic rings. The predicted molar refractivity (Wildman–Crippen MR) is 142 cm³/mol. The van der Waals surface area contributed by atoms with Gasteiger partial charge < -0.3 is 20.5 Å². The standard InChI is InChI=1S/C25H30N8O4S/c1-15(2)13-28-25(36)30-21-12-16(14-38-21)22-29-20(37-33-22)9-8-19(34)26-10-5-11-27-23-17-6-3-4-7-18(17)24(35)32-31-23/h3-4,6-7,12,14-15,18,27H,5,8-11,13H2,1-2H3,(H,26,34)(H2,28,30,36). The van der Waals surface area contributed by atoms with Crippen LogP contribution in [0.5, 0.6) is 0 Å². The van der Waals surface area contributed by atoms with Crippen LogP contribution in [-0.4, -0.2) is 47.6 Å². The second-order valence-electron chi connectivity index (χ2n) is 9.13. The first-order valence-electron chi connectivity index (χ1n) is 12.4. The van der Waals surface area contributed by atoms with E-state index in [4.69, 9.17) is 4.52 Å². The number of thiophene rings is 1. The molecule has 1 aliphatic heterocycles. The van der Waals surface area contributed by atoms with Crippen molar-refractivity contribution in [1.82, 2.24) is 26.1 Å². The molecule has 0 saturated carbocycles. The number of hydrogen-bond donors (Lipinski definition) is 4. The average molecular weight is 539 g/mol. The van der Waals surface area contributed by atoms with Crippen molar-refractivity contribution < 1.29 is 18.9 Å². The number of fused-ring (bicyclic) bond motifs is 1. The summed E-state index contributed by atoms with van der Waals surface area (Å²) in [6, 6.07) is 1.52. The fourth-order valence-electron chi connectivity index (χ4n) is 3.62. The third-order valence-electron chi connectivity index (χ3n) is 5.58. The van der Waals surface area contributed by atoms with E-state index < -0.39 is 0 Å². The highest BCUT2D eigenvalue weighted by atomic mass is 32.1. The number of carbonyl (C=O) groups excluding carboxylic acids is 3. The van der Waals surface area contributed by atoms with Gasteiger partial charge >= 0.3 is 6.03 Å². The summed E-state index contributed by atoms with van der Waals surface area (Å²) in [6.07, 6.45) is 8.54. The summed E-state index contributed by atoms with van der Waals surface area (Å²) in [5.74, 6) is 0.933. The number of urea groups is 1. The molecule has 12 nitrogen and oxygen atoms in total. The van der Waals surface area contributed by atoms with Crippen LogP contribution in [0, 0.1) is 11.8 Å². The largest absolute Gasteiger partial charge is 0.368 e. The van der Waals surface area contributed by atoms with Gasteiger partial charge in [0.25, 0.3) is 5.91 Å². The molecule has 0 fully saturated rings. The number of aromatic nitrogens is 2. The number of nitrogens with one attached hydrogen (secondary N) is 4. The maximum Gasteiger partial charge on any atom is 0.319 e. The van der Waals surface area contributed by atoms with Crippen LogP contribution in [-0.2, 0) is 16.0 Å². The van der Waals surface area contributed by atoms with Gasteiger partial charge in [-0.3, -0.25) is 14.9 Å². The molecule has 4 N–H and O–H groups in total. The Morgan fingerprint density at radius 2 is 2.03 bits per heavy atom. The second kappa shape index (κ2) is 12.9. The summed E-state index contributed by atoms with van der Waals surface area (Å²) in [5.41, 5.74) is 1.53. The van der Waals surface area contributed by atoms with E-state index in [1.54, 1.807) is 12.1 Å². The molecule has 2 aromatic heterocycles. The molecule has 1 atom stereocenters. The predicted octanol–water partition coefficient (Wildman–Crippen LogP) is 3.55. The Morgan fingerprint density at radius 3 is 2.87 bits per heavy atom. The Kier molecular flexibility index (Phi) is 9.14. The Morgan fingerprint density at radius 1 is 1.16 bits per heavy atom. The fourth-order valence-corrected chi connectivity index (χ4v) is 4.39. The van der Waals surface area contributed by atoms with E-state index in [1.807, 2.05) is 37.5 Å². The molecular formula is C25H30N8O4S. The van der Waals surface area contributed by atoms with Gasteiger partial charge in [-0.15, -0.1) is 21.6 Å². The molecule has 0 aromatic carbocycles. The van der Waals surface area contributed by atoms with Gasteiger partial charge in [-0.2, -0.15) is 4.98 Å². The molecule has 1 unspecified atom stereocenters. The van der Waals surface area contributed by atoms with Crippen LogP contribution >= 0.6 is 11.3 Å². The van der Waals surface area contributed by atoms with Crippen molar-refractivity contribution in [2.75, 3.05) is 25.0 Å². The monoisotopic (exact) mass is 538 g/mol. The molecule has 38 heavy (non-hydrogen) atoms. The van der Waals surface area contributed by atoms with Crippen LogP contribution in [0.1, 0.15) is 32.6 Å². The third kappa shape index (κ3) is 7.44. The highest BCUT2D eigenvalue weighted by Crippen LogP contribution is 2.28. The molecule has 0 saturated heterocycles. The van der Waals surface area contributed by atoms with Gasteiger partial charge in [0, 0.05) is 49.0 Å². The number of anilines is 1. The van der Waals surface area contributed by atoms with Crippen molar-refractivity contribution in [2.45, 2.75) is 33.1 Å². The second-order valence-corrected chi connectivity index (χ2v) is 10.0. The van der Waals surface area contributed by atoms with E-state index in [9.17, 15) is 14.4 Å². The number of rotatable bonds is 12. The SMILES string of the molecule is CC(C)CNC(=O)Nc1cc(-c2noc(CCC(=O)NCCCNC3=C4C=CC=CC4C(=O)N=N3)n2)cs1. The summed E-state index contributed by atoms with van der Waals surface area (Å²) >= 11 is 1.36. The molecule has 4 amide bonds. The maximum absolute atomic E-state index is 12.2. The lowest BCUT2D eigenvalue weighted by Crippen LogP contribution is -2.31. The normalized spacial score (nSPS) is 16.1. The number of allylic oxidation sites excluding steroid dienone is 3. The van der Waals surface area contributed by atoms with Crippen LogP contribution in [0.3, 0.4) is 0 Å². The Bertz CT molecular complexity index is 1290. The summed E-state index contributed by atoms with van der Waals surface area (Å²) in [4.78, 5) is 40.4. The van der Waals surface area contributed by atoms with E-state index in [2.05, 4.69) is 41.6 Å². The smallest absolute Gasteiger partial charge is 0.319 e. The molecule has 2 aliphatic rings. The number of amides is 4. The first kappa shape index (κ1) is 26.9. The van der Waals surface area contributed by atoms with E-state index in [-0.39, 0.29) is 30.2 Å². The lowest BCUT2D eigenvalue weighted by molar-refractivity contribution is -0.121. The number of carbonyl (C=O) groups is 3. The number of azo groups is 1. The minimum Gasteiger partial charge on any atom is -0.368 e. The van der Waals surface area contributed by atoms with Crippen LogP contribution < -0.4 is 21.3 Å². The summed E-state index contributed by atoms with van der Waals surface area (Å²) < 4.78 is 5.28. The molecule has 4 rings (SSSR count). The Labute approximate surface area is 223 Å². The Balaban J connectivity index is 1.14. The summed E-state index contributed by atoms with van der Waals surface area (Å²) in [6.45, 7) is 5.69. The fraction of sp³-hybridized carbons (Fsp3) is 0.400. The maximum atomic E-state index is 12.2. The van der Waals surface area contributed by atoms with E-state index in [0.717, 1.165) is 11.1 Å². The molecule has 200 valence electrons. The molecule has 1 aliphatic carbocycles. The van der Waals surface area contributed by atoms with Crippen molar-refractivity contribution in [3.05, 3.63) is 53.0 Å². The molecule has 0 radical (unpaired) electrons. The molecule has 0 spiro atoms. The van der Waals surface area contributed by atoms with Crippen molar-refractivity contribution >= 4 is 34.2 Å². The number of aryl methyl sites for hydroxylation is 1. The lowest BCUT2D eigenvalue weighted by Gasteiger charge is -2.20. The first-order valence-corrected chi connectivity index (χ1v) is 13.3. The molecule has 13 heteroatoms. The highest BCUT2D eigenvalue weighted by molar-refractivity contribution is 7.14. The van der Waals surface area contributed by atoms with Crippen molar-refractivity contribution in [2.24, 2.45) is 22.1 Å². The zero-order valence-electron chi connectivity index (χ0n) is 21.2. The minimum atomic E-state index is -0.385. The van der Waals surface area contributed by atoms with Gasteiger partial charge in [0.05, 0.1) is 10.9 Å². The zero-order chi connectivity index (χ0) is 26.9. The van der Waals surface area contributed by atoms with E-state index >= 15 is 0 Å². The van der Waals surface area contributed by atoms with Crippen LogP contribution in [0.15, 0.2) is 61.9 Å². The first-order chi connectivity index (χ1) is 18.4. The highest BCUT2D eigenvalue weighted by Gasteiger charge is 2.27. The Hall–Kier alpha value is -4.13. The molecule has 3 heterocycles. The van der Waals surface area contributed by atoms with Crippen LogP contribution in [0.25, 0.3) is 11.4 Å². The van der Waals surface area contributed by atoms with Gasteiger partial charge in [-0.25, -0.2) is 4.79 Å². The van der Waals surface area contributed by atoms with Gasteiger partial charge in [0.2, 0.25) is 17.6 Å². The van der Waals surface area contributed by atoms with Crippen LogP contribution in [0.4, 0.5) is 9.80 Å². The van der Waals surface area contributed by atoms with Crippen molar-refractivity contribution in [1.29, 1.82) is 0 Å². The zero-order valence-corrected chi connectivity index (χ0v) is 22.0. The summed E-state index contributed by atoms with van der Waals surface area (Å²) in [5, 5.41) is 25.8. The van der Waals surface area contributed by atoms with Crippen molar-refractivity contribution in [3.8, 4) is 11.4 Å². The third-order valence-corrected chi connectivity index (χ3v) is 6.43. The van der Waals surface area contributed by atoms with Gasteiger partial charge in [0.1, 0.15) is 0 Å². The molecular weight excluding hydrogens is 508 g/mol. The topological polar surface area (TPSA) is 163 Å².